The first-order chi connectivity index (χ1) is 10.2. The minimum absolute atomic E-state index is 0. The van der Waals surface area contributed by atoms with Crippen molar-refractivity contribution in [3.8, 4) is 12.3 Å². The zero-order valence-corrected chi connectivity index (χ0v) is 15.5. The van der Waals surface area contributed by atoms with Gasteiger partial charge in [0.25, 0.3) is 0 Å². The monoisotopic (exact) mass is 429 g/mol. The van der Waals surface area contributed by atoms with Crippen molar-refractivity contribution in [1.29, 1.82) is 0 Å². The van der Waals surface area contributed by atoms with Gasteiger partial charge in [0.15, 0.2) is 5.96 Å². The van der Waals surface area contributed by atoms with E-state index in [0.29, 0.717) is 19.0 Å². The molecule has 1 aromatic carbocycles. The van der Waals surface area contributed by atoms with Gasteiger partial charge in [0.1, 0.15) is 6.10 Å². The van der Waals surface area contributed by atoms with E-state index >= 15 is 0 Å². The molecule has 0 aliphatic rings. The summed E-state index contributed by atoms with van der Waals surface area (Å²) in [7, 11) is 0. The summed E-state index contributed by atoms with van der Waals surface area (Å²) in [6.45, 7) is 3.43. The van der Waals surface area contributed by atoms with Gasteiger partial charge < -0.3 is 15.7 Å². The van der Waals surface area contributed by atoms with Crippen molar-refractivity contribution in [2.45, 2.75) is 13.0 Å². The van der Waals surface area contributed by atoms with Crippen LogP contribution in [0.1, 0.15) is 17.9 Å². The van der Waals surface area contributed by atoms with Crippen LogP contribution in [0.15, 0.2) is 35.3 Å². The predicted molar refractivity (Wildman–Crippen MR) is 105 cm³/mol. The Balaban J connectivity index is 0.00000242. The number of aliphatic imine (C=N–C) groups is 1. The number of halogens is 1. The Kier molecular flexibility index (Phi) is 8.24. The number of nitrogens with one attached hydrogen (secondary N) is 2. The number of guanidine groups is 1. The molecule has 6 heteroatoms. The van der Waals surface area contributed by atoms with Crippen LogP contribution in [0.2, 0.25) is 0 Å². The molecule has 1 atom stereocenters. The number of aliphatic hydroxyl groups is 1. The summed E-state index contributed by atoms with van der Waals surface area (Å²) in [5, 5.41) is 17.5. The smallest absolute Gasteiger partial charge is 0.192 e. The van der Waals surface area contributed by atoms with E-state index in [0.717, 1.165) is 16.8 Å². The van der Waals surface area contributed by atoms with Crippen molar-refractivity contribution >= 4 is 51.4 Å². The highest BCUT2D eigenvalue weighted by Gasteiger charge is 2.11. The number of rotatable bonds is 5. The molecule has 0 bridgehead atoms. The van der Waals surface area contributed by atoms with E-state index < -0.39 is 6.10 Å². The van der Waals surface area contributed by atoms with Crippen LogP contribution in [0.4, 0.5) is 0 Å². The SMILES string of the molecule is C#CCNC(=NCC(O)c1cc2ccccc2s1)NCC.I. The minimum atomic E-state index is -0.608. The molecule has 1 aromatic heterocycles. The molecule has 4 nitrogen and oxygen atoms in total. The van der Waals surface area contributed by atoms with Gasteiger partial charge in [-0.05, 0) is 24.4 Å². The van der Waals surface area contributed by atoms with E-state index in [2.05, 4.69) is 27.6 Å². The number of hydrogen-bond donors (Lipinski definition) is 3. The Hall–Kier alpha value is -1.30. The number of hydrogen-bond acceptors (Lipinski definition) is 3. The first-order valence-corrected chi connectivity index (χ1v) is 7.68. The van der Waals surface area contributed by atoms with Crippen LogP contribution in [0, 0.1) is 12.3 Å². The molecule has 1 heterocycles. The van der Waals surface area contributed by atoms with Gasteiger partial charge in [-0.15, -0.1) is 41.7 Å². The maximum atomic E-state index is 10.3. The van der Waals surface area contributed by atoms with Crippen LogP contribution in [0.5, 0.6) is 0 Å². The summed E-state index contributed by atoms with van der Waals surface area (Å²) < 4.78 is 1.17. The van der Waals surface area contributed by atoms with Crippen LogP contribution in [0.25, 0.3) is 10.1 Å². The summed E-state index contributed by atoms with van der Waals surface area (Å²) in [5.74, 6) is 3.12. The molecule has 0 saturated carbocycles. The van der Waals surface area contributed by atoms with Crippen molar-refractivity contribution in [1.82, 2.24) is 10.6 Å². The predicted octanol–water partition coefficient (Wildman–Crippen LogP) is 2.74. The number of fused-ring (bicyclic) bond motifs is 1. The summed E-state index contributed by atoms with van der Waals surface area (Å²) in [5.41, 5.74) is 0. The number of nitrogens with zero attached hydrogens (tertiary/aromatic N) is 1. The van der Waals surface area contributed by atoms with Crippen molar-refractivity contribution in [3.05, 3.63) is 35.2 Å². The van der Waals surface area contributed by atoms with Gasteiger partial charge >= 0.3 is 0 Å². The van der Waals surface area contributed by atoms with Gasteiger partial charge in [-0.3, -0.25) is 4.99 Å². The second kappa shape index (κ2) is 9.66. The summed E-state index contributed by atoms with van der Waals surface area (Å²) in [6, 6.07) is 10.1. The highest BCUT2D eigenvalue weighted by Crippen LogP contribution is 2.29. The fraction of sp³-hybridized carbons (Fsp3) is 0.312. The van der Waals surface area contributed by atoms with E-state index in [9.17, 15) is 5.11 Å². The largest absolute Gasteiger partial charge is 0.386 e. The maximum Gasteiger partial charge on any atom is 0.192 e. The summed E-state index contributed by atoms with van der Waals surface area (Å²) in [6.07, 6.45) is 4.61. The van der Waals surface area contributed by atoms with E-state index in [-0.39, 0.29) is 24.0 Å². The molecule has 0 fully saturated rings. The molecule has 0 aliphatic heterocycles. The van der Waals surface area contributed by atoms with Gasteiger partial charge in [0.05, 0.1) is 13.1 Å². The van der Waals surface area contributed by atoms with Gasteiger partial charge in [-0.2, -0.15) is 0 Å². The lowest BCUT2D eigenvalue weighted by Crippen LogP contribution is -2.37. The lowest BCUT2D eigenvalue weighted by molar-refractivity contribution is 0.191. The van der Waals surface area contributed by atoms with Gasteiger partial charge in [-0.1, -0.05) is 24.1 Å². The fourth-order valence-electron chi connectivity index (χ4n) is 1.91. The van der Waals surface area contributed by atoms with Crippen molar-refractivity contribution < 1.29 is 5.11 Å². The second-order valence-electron chi connectivity index (χ2n) is 4.48. The lowest BCUT2D eigenvalue weighted by Gasteiger charge is -2.10. The molecule has 118 valence electrons. The van der Waals surface area contributed by atoms with Crippen LogP contribution >= 0.6 is 35.3 Å². The highest BCUT2D eigenvalue weighted by atomic mass is 127. The Bertz CT molecular complexity index is 630. The number of terminal acetylenes is 1. The minimum Gasteiger partial charge on any atom is -0.386 e. The molecule has 2 rings (SSSR count). The van der Waals surface area contributed by atoms with E-state index in [1.807, 2.05) is 31.2 Å². The quantitative estimate of drug-likeness (QED) is 0.297. The zero-order valence-electron chi connectivity index (χ0n) is 12.4. The highest BCUT2D eigenvalue weighted by molar-refractivity contribution is 14.0. The van der Waals surface area contributed by atoms with E-state index in [1.54, 1.807) is 11.3 Å². The molecule has 0 saturated heterocycles. The fourth-order valence-corrected chi connectivity index (χ4v) is 2.95. The number of benzene rings is 1. The number of thiophene rings is 1. The molecular weight excluding hydrogens is 409 g/mol. The molecule has 0 spiro atoms. The molecule has 22 heavy (non-hydrogen) atoms. The Morgan fingerprint density at radius 2 is 2.18 bits per heavy atom. The first kappa shape index (κ1) is 18.7. The zero-order chi connectivity index (χ0) is 15.1. The van der Waals surface area contributed by atoms with Gasteiger partial charge in [-0.25, -0.2) is 0 Å². The third-order valence-corrected chi connectivity index (χ3v) is 4.11. The molecule has 2 aromatic rings. The molecular formula is C16H20IN3OS. The average molecular weight is 429 g/mol. The van der Waals surface area contributed by atoms with E-state index in [1.165, 1.54) is 4.70 Å². The van der Waals surface area contributed by atoms with Gasteiger partial charge in [0.2, 0.25) is 0 Å². The maximum absolute atomic E-state index is 10.3. The lowest BCUT2D eigenvalue weighted by atomic mass is 10.2. The van der Waals surface area contributed by atoms with Crippen LogP contribution < -0.4 is 10.6 Å². The molecule has 0 aliphatic carbocycles. The Morgan fingerprint density at radius 3 is 2.86 bits per heavy atom. The molecule has 0 radical (unpaired) electrons. The van der Waals surface area contributed by atoms with Crippen LogP contribution in [-0.4, -0.2) is 30.7 Å². The van der Waals surface area contributed by atoms with E-state index in [4.69, 9.17) is 6.42 Å². The van der Waals surface area contributed by atoms with Crippen molar-refractivity contribution in [3.63, 3.8) is 0 Å². The molecule has 1 unspecified atom stereocenters. The van der Waals surface area contributed by atoms with Crippen LogP contribution in [-0.2, 0) is 0 Å². The Labute approximate surface area is 152 Å². The Morgan fingerprint density at radius 1 is 1.41 bits per heavy atom. The van der Waals surface area contributed by atoms with Gasteiger partial charge in [0, 0.05) is 16.1 Å². The molecule has 3 N–H and O–H groups in total. The average Bonchev–Trinajstić information content (AvgIpc) is 2.93. The van der Waals surface area contributed by atoms with Crippen LogP contribution in [0.3, 0.4) is 0 Å². The third-order valence-electron chi connectivity index (χ3n) is 2.90. The first-order valence-electron chi connectivity index (χ1n) is 6.86. The normalized spacial score (nSPS) is 12.3. The third kappa shape index (κ3) is 5.16. The van der Waals surface area contributed by atoms with Crippen molar-refractivity contribution in [2.75, 3.05) is 19.6 Å². The standard InChI is InChI=1S/C16H19N3OS.HI/c1-3-9-18-16(17-4-2)19-11-13(20)15-10-12-7-5-6-8-14(12)21-15;/h1,5-8,10,13,20H,4,9,11H2,2H3,(H2,17,18,19);1H. The van der Waals surface area contributed by atoms with Crippen molar-refractivity contribution in [2.24, 2.45) is 4.99 Å². The number of aliphatic hydroxyl groups excluding tert-OH is 1. The molecule has 0 amide bonds. The summed E-state index contributed by atoms with van der Waals surface area (Å²) >= 11 is 1.60. The second-order valence-corrected chi connectivity index (χ2v) is 5.60. The summed E-state index contributed by atoms with van der Waals surface area (Å²) in [4.78, 5) is 5.28. The topological polar surface area (TPSA) is 56.7 Å².